The molecule has 4 heteroatoms. The van der Waals surface area contributed by atoms with Crippen molar-refractivity contribution in [2.24, 2.45) is 5.16 Å². The highest BCUT2D eigenvalue weighted by Gasteiger charge is 2.46. The quantitative estimate of drug-likeness (QED) is 0.818. The first kappa shape index (κ1) is 11.2. The number of ketones is 1. The van der Waals surface area contributed by atoms with Gasteiger partial charge in [-0.15, -0.1) is 0 Å². The van der Waals surface area contributed by atoms with Crippen LogP contribution in [0.1, 0.15) is 24.5 Å². The number of carbonyl (C=O) groups is 1. The number of benzene rings is 1. The highest BCUT2D eigenvalue weighted by atomic mass is 16.6. The predicted molar refractivity (Wildman–Crippen MR) is 67.5 cm³/mol. The molecule has 1 aromatic rings. The zero-order valence-electron chi connectivity index (χ0n) is 10.1. The Bertz CT molecular complexity index is 562. The van der Waals surface area contributed by atoms with Crippen LogP contribution in [0.15, 0.2) is 29.4 Å². The zero-order valence-corrected chi connectivity index (χ0v) is 10.1. The predicted octanol–water partition coefficient (Wildman–Crippen LogP) is 2.28. The number of carbonyl (C=O) groups excluding carboxylic acids is 1. The third-order valence-electron chi connectivity index (χ3n) is 3.13. The highest BCUT2D eigenvalue weighted by molar-refractivity contribution is 6.15. The van der Waals surface area contributed by atoms with Crippen LogP contribution in [-0.4, -0.2) is 18.6 Å². The first-order valence-electron chi connectivity index (χ1n) is 5.99. The highest BCUT2D eigenvalue weighted by Crippen LogP contribution is 2.41. The Morgan fingerprint density at radius 2 is 2.28 bits per heavy atom. The van der Waals surface area contributed by atoms with Crippen molar-refractivity contribution in [3.63, 3.8) is 0 Å². The summed E-state index contributed by atoms with van der Waals surface area (Å²) in [4.78, 5) is 17.5. The van der Waals surface area contributed by atoms with E-state index in [0.717, 1.165) is 17.5 Å². The van der Waals surface area contributed by atoms with Gasteiger partial charge < -0.3 is 9.57 Å². The zero-order chi connectivity index (χ0) is 12.6. The first-order chi connectivity index (χ1) is 8.78. The van der Waals surface area contributed by atoms with E-state index < -0.39 is 5.60 Å². The van der Waals surface area contributed by atoms with E-state index in [0.29, 0.717) is 12.4 Å². The van der Waals surface area contributed by atoms with Crippen LogP contribution in [0.4, 0.5) is 0 Å². The lowest BCUT2D eigenvalue weighted by atomic mass is 9.81. The summed E-state index contributed by atoms with van der Waals surface area (Å²) < 4.78 is 5.81. The topological polar surface area (TPSA) is 47.9 Å². The number of hydrogen-bond donors (Lipinski definition) is 0. The van der Waals surface area contributed by atoms with Gasteiger partial charge in [0.05, 0.1) is 11.8 Å². The second kappa shape index (κ2) is 4.07. The molecular formula is C14H13NO3. The molecule has 1 unspecified atom stereocenters. The molecule has 1 aliphatic carbocycles. The minimum atomic E-state index is -1.10. The summed E-state index contributed by atoms with van der Waals surface area (Å²) in [7, 11) is 0. The number of oxime groups is 1. The fourth-order valence-corrected chi connectivity index (χ4v) is 2.30. The molecule has 1 aromatic carbocycles. The SMILES string of the molecule is CCCOC12C=NOc3cccc(c31)C=CC2=O. The van der Waals surface area contributed by atoms with Crippen molar-refractivity contribution in [2.75, 3.05) is 6.61 Å². The molecule has 0 aromatic heterocycles. The van der Waals surface area contributed by atoms with E-state index in [4.69, 9.17) is 9.57 Å². The summed E-state index contributed by atoms with van der Waals surface area (Å²) in [5, 5.41) is 3.82. The fraction of sp³-hybridized carbons (Fsp3) is 0.286. The maximum absolute atomic E-state index is 12.2. The molecule has 0 amide bonds. The molecular weight excluding hydrogens is 230 g/mol. The van der Waals surface area contributed by atoms with Gasteiger partial charge in [-0.05, 0) is 24.1 Å². The molecule has 3 rings (SSSR count). The molecule has 18 heavy (non-hydrogen) atoms. The van der Waals surface area contributed by atoms with Gasteiger partial charge in [-0.25, -0.2) is 0 Å². The van der Waals surface area contributed by atoms with Crippen LogP contribution in [0, 0.1) is 0 Å². The van der Waals surface area contributed by atoms with Crippen LogP contribution in [-0.2, 0) is 15.1 Å². The Balaban J connectivity index is 2.20. The van der Waals surface area contributed by atoms with E-state index in [2.05, 4.69) is 5.16 Å². The van der Waals surface area contributed by atoms with Crippen LogP contribution in [0.5, 0.6) is 5.75 Å². The number of rotatable bonds is 3. The van der Waals surface area contributed by atoms with Gasteiger partial charge in [0.1, 0.15) is 0 Å². The average molecular weight is 243 g/mol. The molecule has 0 radical (unpaired) electrons. The summed E-state index contributed by atoms with van der Waals surface area (Å²) in [6, 6.07) is 5.61. The average Bonchev–Trinajstić information content (AvgIpc) is 2.41. The third-order valence-corrected chi connectivity index (χ3v) is 3.13. The lowest BCUT2D eigenvalue weighted by Gasteiger charge is -2.34. The van der Waals surface area contributed by atoms with Gasteiger partial charge in [-0.1, -0.05) is 30.3 Å². The summed E-state index contributed by atoms with van der Waals surface area (Å²) in [5.74, 6) is 0.478. The number of ether oxygens (including phenoxy) is 1. The Morgan fingerprint density at radius 3 is 3.11 bits per heavy atom. The van der Waals surface area contributed by atoms with Gasteiger partial charge in [-0.2, -0.15) is 0 Å². The van der Waals surface area contributed by atoms with Gasteiger partial charge in [-0.3, -0.25) is 4.79 Å². The van der Waals surface area contributed by atoms with E-state index in [1.807, 2.05) is 19.1 Å². The van der Waals surface area contributed by atoms with E-state index in [-0.39, 0.29) is 5.78 Å². The van der Waals surface area contributed by atoms with E-state index >= 15 is 0 Å². The molecule has 0 N–H and O–H groups in total. The first-order valence-corrected chi connectivity index (χ1v) is 5.99. The Kier molecular flexibility index (Phi) is 2.52. The Labute approximate surface area is 105 Å². The van der Waals surface area contributed by atoms with Gasteiger partial charge in [0.15, 0.2) is 17.1 Å². The van der Waals surface area contributed by atoms with Gasteiger partial charge in [0, 0.05) is 6.61 Å². The molecule has 92 valence electrons. The maximum atomic E-state index is 12.2. The molecule has 1 heterocycles. The monoisotopic (exact) mass is 243 g/mol. The molecule has 1 aliphatic heterocycles. The molecule has 0 bridgehead atoms. The third kappa shape index (κ3) is 1.42. The van der Waals surface area contributed by atoms with Crippen LogP contribution in [0.3, 0.4) is 0 Å². The van der Waals surface area contributed by atoms with Crippen LogP contribution in [0.2, 0.25) is 0 Å². The molecule has 0 fully saturated rings. The molecule has 0 saturated heterocycles. The molecule has 4 nitrogen and oxygen atoms in total. The van der Waals surface area contributed by atoms with Gasteiger partial charge >= 0.3 is 0 Å². The Morgan fingerprint density at radius 1 is 1.39 bits per heavy atom. The minimum Gasteiger partial charge on any atom is -0.357 e. The summed E-state index contributed by atoms with van der Waals surface area (Å²) in [5.41, 5.74) is 0.602. The second-order valence-corrected chi connectivity index (χ2v) is 4.33. The minimum absolute atomic E-state index is 0.108. The van der Waals surface area contributed by atoms with Crippen molar-refractivity contribution in [3.05, 3.63) is 35.4 Å². The molecule has 1 atom stereocenters. The van der Waals surface area contributed by atoms with Gasteiger partial charge in [0.25, 0.3) is 0 Å². The lowest BCUT2D eigenvalue weighted by molar-refractivity contribution is -0.132. The van der Waals surface area contributed by atoms with Crippen LogP contribution < -0.4 is 4.84 Å². The van der Waals surface area contributed by atoms with E-state index in [9.17, 15) is 4.79 Å². The van der Waals surface area contributed by atoms with Crippen molar-refractivity contribution in [2.45, 2.75) is 18.9 Å². The summed E-state index contributed by atoms with van der Waals surface area (Å²) in [6.07, 6.45) is 5.63. The van der Waals surface area contributed by atoms with Crippen molar-refractivity contribution in [1.82, 2.24) is 0 Å². The van der Waals surface area contributed by atoms with Crippen molar-refractivity contribution < 1.29 is 14.4 Å². The van der Waals surface area contributed by atoms with E-state index in [1.165, 1.54) is 6.21 Å². The normalized spacial score (nSPS) is 23.7. The number of nitrogens with zero attached hydrogens (tertiary/aromatic N) is 1. The summed E-state index contributed by atoms with van der Waals surface area (Å²) >= 11 is 0. The molecule has 0 spiro atoms. The standard InChI is InChI=1S/C14H13NO3/c1-2-8-17-14-9-15-18-11-5-3-4-10(13(11)14)6-7-12(14)16/h3-7,9H,2,8H2,1H3. The van der Waals surface area contributed by atoms with Gasteiger partial charge in [0.2, 0.25) is 0 Å². The van der Waals surface area contributed by atoms with Crippen LogP contribution in [0.25, 0.3) is 6.08 Å². The second-order valence-electron chi connectivity index (χ2n) is 4.33. The van der Waals surface area contributed by atoms with Crippen LogP contribution >= 0.6 is 0 Å². The largest absolute Gasteiger partial charge is 0.357 e. The smallest absolute Gasteiger partial charge is 0.198 e. The summed E-state index contributed by atoms with van der Waals surface area (Å²) in [6.45, 7) is 2.50. The molecule has 2 aliphatic rings. The Hall–Kier alpha value is -1.94. The maximum Gasteiger partial charge on any atom is 0.198 e. The van der Waals surface area contributed by atoms with E-state index in [1.54, 1.807) is 18.2 Å². The fourth-order valence-electron chi connectivity index (χ4n) is 2.30. The van der Waals surface area contributed by atoms with Crippen molar-refractivity contribution >= 4 is 18.1 Å². The number of hydrogen-bond acceptors (Lipinski definition) is 4. The van der Waals surface area contributed by atoms with Crippen molar-refractivity contribution in [1.29, 1.82) is 0 Å². The molecule has 0 saturated carbocycles. The lowest BCUT2D eigenvalue weighted by Crippen LogP contribution is -2.44. The van der Waals surface area contributed by atoms with Crippen molar-refractivity contribution in [3.8, 4) is 5.75 Å².